The van der Waals surface area contributed by atoms with Gasteiger partial charge in [0.25, 0.3) is 0 Å². The zero-order chi connectivity index (χ0) is 15.2. The Morgan fingerprint density at radius 1 is 1.14 bits per heavy atom. The summed E-state index contributed by atoms with van der Waals surface area (Å²) in [5.74, 6) is 0.962. The first-order valence-electron chi connectivity index (χ1n) is 7.60. The molecule has 1 unspecified atom stereocenters. The van der Waals surface area contributed by atoms with E-state index in [-0.39, 0.29) is 11.8 Å². The van der Waals surface area contributed by atoms with Crippen LogP contribution in [0.1, 0.15) is 12.0 Å². The summed E-state index contributed by atoms with van der Waals surface area (Å²) in [6.07, 6.45) is 0.897. The van der Waals surface area contributed by atoms with E-state index in [0.29, 0.717) is 6.61 Å². The molecule has 2 N–H and O–H groups in total. The summed E-state index contributed by atoms with van der Waals surface area (Å²) in [5.41, 5.74) is 1.81. The van der Waals surface area contributed by atoms with Crippen molar-refractivity contribution in [2.75, 3.05) is 18.4 Å². The number of hydrogen-bond donors (Lipinski definition) is 2. The smallest absolute Gasteiger partial charge is 0.228 e. The van der Waals surface area contributed by atoms with Crippen LogP contribution in [0.5, 0.6) is 5.75 Å². The molecule has 4 heteroatoms. The second-order valence-corrected chi connectivity index (χ2v) is 5.44. The third kappa shape index (κ3) is 3.65. The van der Waals surface area contributed by atoms with E-state index in [9.17, 15) is 4.79 Å². The number of anilines is 1. The first-order valence-corrected chi connectivity index (χ1v) is 7.60. The van der Waals surface area contributed by atoms with Crippen LogP contribution >= 0.6 is 0 Å². The SMILES string of the molecule is O=C(Nc1ccccc1COc1ccccc1)C1CCNC1. The van der Waals surface area contributed by atoms with Crippen molar-refractivity contribution in [2.24, 2.45) is 5.92 Å². The highest BCUT2D eigenvalue weighted by Gasteiger charge is 2.22. The molecule has 4 nitrogen and oxygen atoms in total. The van der Waals surface area contributed by atoms with Crippen molar-refractivity contribution < 1.29 is 9.53 Å². The average molecular weight is 296 g/mol. The van der Waals surface area contributed by atoms with Gasteiger partial charge in [-0.05, 0) is 31.2 Å². The van der Waals surface area contributed by atoms with Gasteiger partial charge >= 0.3 is 0 Å². The number of carbonyl (C=O) groups excluding carboxylic acids is 1. The standard InChI is InChI=1S/C18H20N2O2/c21-18(14-10-11-19-12-14)20-17-9-5-4-6-15(17)13-22-16-7-2-1-3-8-16/h1-9,14,19H,10-13H2,(H,20,21). The van der Waals surface area contributed by atoms with Crippen molar-refractivity contribution in [3.8, 4) is 5.75 Å². The predicted molar refractivity (Wildman–Crippen MR) is 86.8 cm³/mol. The fraction of sp³-hybridized carbons (Fsp3) is 0.278. The highest BCUT2D eigenvalue weighted by molar-refractivity contribution is 5.93. The molecule has 1 saturated heterocycles. The van der Waals surface area contributed by atoms with Gasteiger partial charge in [0.05, 0.1) is 5.92 Å². The zero-order valence-corrected chi connectivity index (χ0v) is 12.4. The summed E-state index contributed by atoms with van der Waals surface area (Å²) in [5, 5.41) is 6.24. The maximum Gasteiger partial charge on any atom is 0.228 e. The molecule has 1 aliphatic rings. The molecule has 1 atom stereocenters. The molecule has 0 aliphatic carbocycles. The summed E-state index contributed by atoms with van der Waals surface area (Å²) in [7, 11) is 0. The number of nitrogens with one attached hydrogen (secondary N) is 2. The number of hydrogen-bond acceptors (Lipinski definition) is 3. The summed E-state index contributed by atoms with van der Waals surface area (Å²) in [6.45, 7) is 2.11. The van der Waals surface area contributed by atoms with Crippen LogP contribution in [-0.2, 0) is 11.4 Å². The Bertz CT molecular complexity index is 622. The number of benzene rings is 2. The quantitative estimate of drug-likeness (QED) is 0.892. The van der Waals surface area contributed by atoms with Crippen LogP contribution in [0.15, 0.2) is 54.6 Å². The second kappa shape index (κ2) is 7.09. The maximum absolute atomic E-state index is 12.2. The number of ether oxygens (including phenoxy) is 1. The van der Waals surface area contributed by atoms with Crippen LogP contribution in [0.25, 0.3) is 0 Å². The molecule has 0 radical (unpaired) electrons. The minimum atomic E-state index is 0.0584. The first kappa shape index (κ1) is 14.6. The lowest BCUT2D eigenvalue weighted by Gasteiger charge is -2.14. The summed E-state index contributed by atoms with van der Waals surface area (Å²) >= 11 is 0. The molecule has 0 saturated carbocycles. The average Bonchev–Trinajstić information content (AvgIpc) is 3.10. The third-order valence-corrected chi connectivity index (χ3v) is 3.84. The van der Waals surface area contributed by atoms with E-state index in [0.717, 1.165) is 36.5 Å². The minimum absolute atomic E-state index is 0.0584. The third-order valence-electron chi connectivity index (χ3n) is 3.84. The Balaban J connectivity index is 1.65. The summed E-state index contributed by atoms with van der Waals surface area (Å²) in [4.78, 5) is 12.2. The molecular weight excluding hydrogens is 276 g/mol. The maximum atomic E-state index is 12.2. The Hall–Kier alpha value is -2.33. The van der Waals surface area contributed by atoms with Gasteiger partial charge in [0, 0.05) is 17.8 Å². The van der Waals surface area contributed by atoms with Crippen molar-refractivity contribution in [1.82, 2.24) is 5.32 Å². The van der Waals surface area contributed by atoms with Crippen LogP contribution in [-0.4, -0.2) is 19.0 Å². The number of carbonyl (C=O) groups is 1. The molecule has 22 heavy (non-hydrogen) atoms. The summed E-state index contributed by atoms with van der Waals surface area (Å²) in [6, 6.07) is 17.5. The van der Waals surface area contributed by atoms with Crippen molar-refractivity contribution in [1.29, 1.82) is 0 Å². The molecule has 2 aromatic carbocycles. The van der Waals surface area contributed by atoms with Crippen LogP contribution in [0, 0.1) is 5.92 Å². The van der Waals surface area contributed by atoms with Gasteiger partial charge in [-0.2, -0.15) is 0 Å². The topological polar surface area (TPSA) is 50.4 Å². The van der Waals surface area contributed by atoms with Gasteiger partial charge in [-0.15, -0.1) is 0 Å². The molecule has 3 rings (SSSR count). The molecular formula is C18H20N2O2. The van der Waals surface area contributed by atoms with E-state index in [1.807, 2.05) is 54.6 Å². The normalized spacial score (nSPS) is 17.2. The molecule has 1 heterocycles. The lowest BCUT2D eigenvalue weighted by atomic mass is 10.1. The van der Waals surface area contributed by atoms with Gasteiger partial charge in [0.15, 0.2) is 0 Å². The van der Waals surface area contributed by atoms with Crippen molar-refractivity contribution in [3.05, 3.63) is 60.2 Å². The molecule has 1 fully saturated rings. The molecule has 0 spiro atoms. The number of amides is 1. The van der Waals surface area contributed by atoms with E-state index in [1.165, 1.54) is 0 Å². The Morgan fingerprint density at radius 2 is 1.91 bits per heavy atom. The van der Waals surface area contributed by atoms with Gasteiger partial charge in [-0.25, -0.2) is 0 Å². The zero-order valence-electron chi connectivity index (χ0n) is 12.4. The fourth-order valence-electron chi connectivity index (χ4n) is 2.56. The Kier molecular flexibility index (Phi) is 4.71. The van der Waals surface area contributed by atoms with E-state index >= 15 is 0 Å². The van der Waals surface area contributed by atoms with Gasteiger partial charge in [-0.1, -0.05) is 36.4 Å². The van der Waals surface area contributed by atoms with Crippen molar-refractivity contribution in [3.63, 3.8) is 0 Å². The molecule has 114 valence electrons. The van der Waals surface area contributed by atoms with Gasteiger partial charge in [-0.3, -0.25) is 4.79 Å². The Labute approximate surface area is 130 Å². The van der Waals surface area contributed by atoms with Crippen LogP contribution in [0.4, 0.5) is 5.69 Å². The predicted octanol–water partition coefficient (Wildman–Crippen LogP) is 2.81. The van der Waals surface area contributed by atoms with Gasteiger partial charge in [0.2, 0.25) is 5.91 Å². The van der Waals surface area contributed by atoms with Crippen LogP contribution in [0.3, 0.4) is 0 Å². The summed E-state index contributed by atoms with van der Waals surface area (Å²) < 4.78 is 5.78. The minimum Gasteiger partial charge on any atom is -0.489 e. The molecule has 1 aliphatic heterocycles. The van der Waals surface area contributed by atoms with Gasteiger partial charge in [0.1, 0.15) is 12.4 Å². The van der Waals surface area contributed by atoms with Gasteiger partial charge < -0.3 is 15.4 Å². The largest absolute Gasteiger partial charge is 0.489 e. The lowest BCUT2D eigenvalue weighted by Crippen LogP contribution is -2.25. The lowest BCUT2D eigenvalue weighted by molar-refractivity contribution is -0.119. The molecule has 0 bridgehead atoms. The van der Waals surface area contributed by atoms with E-state index in [1.54, 1.807) is 0 Å². The van der Waals surface area contributed by atoms with Crippen molar-refractivity contribution >= 4 is 11.6 Å². The highest BCUT2D eigenvalue weighted by Crippen LogP contribution is 2.20. The Morgan fingerprint density at radius 3 is 2.68 bits per heavy atom. The fourth-order valence-corrected chi connectivity index (χ4v) is 2.56. The monoisotopic (exact) mass is 296 g/mol. The number of rotatable bonds is 5. The van der Waals surface area contributed by atoms with E-state index in [2.05, 4.69) is 10.6 Å². The molecule has 1 amide bonds. The molecule has 0 aromatic heterocycles. The first-order chi connectivity index (χ1) is 10.8. The van der Waals surface area contributed by atoms with E-state index in [4.69, 9.17) is 4.74 Å². The van der Waals surface area contributed by atoms with Crippen molar-refractivity contribution in [2.45, 2.75) is 13.0 Å². The van der Waals surface area contributed by atoms with Crippen LogP contribution in [0.2, 0.25) is 0 Å². The molecule has 2 aromatic rings. The highest BCUT2D eigenvalue weighted by atomic mass is 16.5. The van der Waals surface area contributed by atoms with E-state index < -0.39 is 0 Å². The van der Waals surface area contributed by atoms with Crippen LogP contribution < -0.4 is 15.4 Å². The number of para-hydroxylation sites is 2. The second-order valence-electron chi connectivity index (χ2n) is 5.44.